The number of carbonyl (C=O) groups is 3. The summed E-state index contributed by atoms with van der Waals surface area (Å²) in [7, 11) is 0. The van der Waals surface area contributed by atoms with E-state index < -0.39 is 12.1 Å². The van der Waals surface area contributed by atoms with Gasteiger partial charge in [0.15, 0.2) is 0 Å². The molecule has 0 bridgehead atoms. The third-order valence-corrected chi connectivity index (χ3v) is 6.56. The molecule has 1 aromatic carbocycles. The van der Waals surface area contributed by atoms with Gasteiger partial charge in [0, 0.05) is 29.6 Å². The summed E-state index contributed by atoms with van der Waals surface area (Å²) in [5, 5.41) is 6.79. The molecule has 4 atom stereocenters. The minimum Gasteiger partial charge on any atom is -0.361 e. The van der Waals surface area contributed by atoms with Crippen molar-refractivity contribution >= 4 is 28.7 Å². The van der Waals surface area contributed by atoms with Crippen LogP contribution in [0.5, 0.6) is 0 Å². The molecule has 1 aliphatic carbocycles. The molecule has 29 heavy (non-hydrogen) atoms. The number of imide groups is 1. The number of fused-ring (bicyclic) bond motifs is 1. The van der Waals surface area contributed by atoms with Crippen molar-refractivity contribution in [3.05, 3.63) is 36.0 Å². The molecule has 1 saturated heterocycles. The number of hydrogen-bond acceptors (Lipinski definition) is 3. The lowest BCUT2D eigenvalue weighted by Gasteiger charge is -2.34. The Labute approximate surface area is 170 Å². The summed E-state index contributed by atoms with van der Waals surface area (Å²) in [5.74, 6) is 0.337. The van der Waals surface area contributed by atoms with Crippen LogP contribution in [0.3, 0.4) is 0 Å². The molecule has 1 aromatic heterocycles. The molecule has 4 rings (SSSR count). The molecule has 154 valence electrons. The number of nitrogens with zero attached hydrogens (tertiary/aromatic N) is 1. The van der Waals surface area contributed by atoms with Crippen molar-refractivity contribution in [1.29, 1.82) is 0 Å². The van der Waals surface area contributed by atoms with E-state index in [0.717, 1.165) is 34.2 Å². The van der Waals surface area contributed by atoms with Gasteiger partial charge in [-0.2, -0.15) is 0 Å². The first-order valence-corrected chi connectivity index (χ1v) is 10.4. The van der Waals surface area contributed by atoms with Crippen LogP contribution in [-0.4, -0.2) is 46.4 Å². The molecule has 0 radical (unpaired) electrons. The van der Waals surface area contributed by atoms with Gasteiger partial charge in [-0.1, -0.05) is 44.9 Å². The van der Waals surface area contributed by atoms with Crippen LogP contribution in [0.25, 0.3) is 10.9 Å². The molecule has 7 nitrogen and oxygen atoms in total. The number of carbonyl (C=O) groups excluding carboxylic acids is 3. The van der Waals surface area contributed by atoms with Gasteiger partial charge in [-0.05, 0) is 29.9 Å². The number of benzene rings is 1. The highest BCUT2D eigenvalue weighted by molar-refractivity contribution is 6.06. The van der Waals surface area contributed by atoms with Crippen molar-refractivity contribution in [3.63, 3.8) is 0 Å². The fourth-order valence-electron chi connectivity index (χ4n) is 4.57. The Bertz CT molecular complexity index is 937. The predicted octanol–water partition coefficient (Wildman–Crippen LogP) is 2.57. The van der Waals surface area contributed by atoms with E-state index in [1.807, 2.05) is 30.5 Å². The smallest absolute Gasteiger partial charge is 0.325 e. The Morgan fingerprint density at radius 3 is 2.83 bits per heavy atom. The van der Waals surface area contributed by atoms with E-state index in [1.54, 1.807) is 0 Å². The van der Waals surface area contributed by atoms with E-state index in [9.17, 15) is 14.4 Å². The van der Waals surface area contributed by atoms with Crippen molar-refractivity contribution in [2.75, 3.05) is 6.54 Å². The largest absolute Gasteiger partial charge is 0.361 e. The van der Waals surface area contributed by atoms with Gasteiger partial charge in [0.1, 0.15) is 12.6 Å². The Morgan fingerprint density at radius 2 is 2.00 bits per heavy atom. The Morgan fingerprint density at radius 1 is 1.21 bits per heavy atom. The molecule has 2 aromatic rings. The number of nitrogens with one attached hydrogen (secondary N) is 3. The molecule has 0 unspecified atom stereocenters. The second kappa shape index (κ2) is 7.89. The summed E-state index contributed by atoms with van der Waals surface area (Å²) in [6, 6.07) is 6.80. The lowest BCUT2D eigenvalue weighted by molar-refractivity contribution is -0.132. The summed E-state index contributed by atoms with van der Waals surface area (Å²) < 4.78 is 0. The Kier molecular flexibility index (Phi) is 5.30. The zero-order valence-corrected chi connectivity index (χ0v) is 16.9. The molecule has 7 heteroatoms. The van der Waals surface area contributed by atoms with Crippen LogP contribution in [0.15, 0.2) is 30.5 Å². The van der Waals surface area contributed by atoms with Crippen LogP contribution in [-0.2, 0) is 16.0 Å². The number of aromatic nitrogens is 1. The summed E-state index contributed by atoms with van der Waals surface area (Å²) in [5.41, 5.74) is 1.96. The fourth-order valence-corrected chi connectivity index (χ4v) is 4.57. The van der Waals surface area contributed by atoms with Gasteiger partial charge in [0.2, 0.25) is 5.91 Å². The minimum atomic E-state index is -0.650. The van der Waals surface area contributed by atoms with Crippen LogP contribution < -0.4 is 10.6 Å². The SMILES string of the molecule is C[C@H]1[C@H](C)CCC[C@@H]1NC(=O)CN1C(=O)N[C@@H](Cc2c[nH]c3ccccc23)C1=O. The van der Waals surface area contributed by atoms with Crippen LogP contribution in [0.1, 0.15) is 38.7 Å². The van der Waals surface area contributed by atoms with Crippen molar-refractivity contribution in [2.24, 2.45) is 11.8 Å². The fraction of sp³-hybridized carbons (Fsp3) is 0.500. The second-order valence-electron chi connectivity index (χ2n) is 8.43. The number of aromatic amines is 1. The number of rotatable bonds is 5. The first-order valence-electron chi connectivity index (χ1n) is 10.4. The molecule has 2 aliphatic rings. The van der Waals surface area contributed by atoms with Crippen molar-refractivity contribution in [3.8, 4) is 0 Å². The lowest BCUT2D eigenvalue weighted by Crippen LogP contribution is -2.48. The first kappa shape index (κ1) is 19.5. The van der Waals surface area contributed by atoms with Gasteiger partial charge in [0.05, 0.1) is 0 Å². The average Bonchev–Trinajstić information content (AvgIpc) is 3.22. The summed E-state index contributed by atoms with van der Waals surface area (Å²) >= 11 is 0. The standard InChI is InChI=1S/C22H28N4O3/c1-13-6-5-9-17(14(13)2)24-20(27)12-26-21(28)19(25-22(26)29)10-15-11-23-18-8-4-3-7-16(15)18/h3-4,7-8,11,13-14,17,19,23H,5-6,9-10,12H2,1-2H3,(H,24,27)(H,25,29)/t13-,14+,17+,19+/m1/s1. The predicted molar refractivity (Wildman–Crippen MR) is 110 cm³/mol. The van der Waals surface area contributed by atoms with Crippen LogP contribution in [0.4, 0.5) is 4.79 Å². The average molecular weight is 396 g/mol. The summed E-state index contributed by atoms with van der Waals surface area (Å²) in [6.07, 6.45) is 5.47. The Hall–Kier alpha value is -2.83. The lowest BCUT2D eigenvalue weighted by atomic mass is 9.78. The maximum atomic E-state index is 12.8. The molecule has 3 N–H and O–H groups in total. The zero-order valence-electron chi connectivity index (χ0n) is 16.9. The van der Waals surface area contributed by atoms with Gasteiger partial charge in [-0.15, -0.1) is 0 Å². The van der Waals surface area contributed by atoms with E-state index >= 15 is 0 Å². The van der Waals surface area contributed by atoms with E-state index in [4.69, 9.17) is 0 Å². The van der Waals surface area contributed by atoms with Gasteiger partial charge < -0.3 is 15.6 Å². The third-order valence-electron chi connectivity index (χ3n) is 6.56. The molecular formula is C22H28N4O3. The van der Waals surface area contributed by atoms with Gasteiger partial charge >= 0.3 is 6.03 Å². The normalized spacial score (nSPS) is 27.3. The van der Waals surface area contributed by atoms with E-state index in [-0.39, 0.29) is 24.4 Å². The molecule has 0 spiro atoms. The van der Waals surface area contributed by atoms with Crippen LogP contribution in [0.2, 0.25) is 0 Å². The first-order chi connectivity index (χ1) is 13.9. The molecular weight excluding hydrogens is 368 g/mol. The highest BCUT2D eigenvalue weighted by Gasteiger charge is 2.39. The minimum absolute atomic E-state index is 0.106. The highest BCUT2D eigenvalue weighted by Crippen LogP contribution is 2.29. The maximum absolute atomic E-state index is 12.8. The molecule has 2 heterocycles. The van der Waals surface area contributed by atoms with Gasteiger partial charge in [0.25, 0.3) is 5.91 Å². The van der Waals surface area contributed by atoms with E-state index in [0.29, 0.717) is 18.3 Å². The molecule has 4 amide bonds. The van der Waals surface area contributed by atoms with Crippen LogP contribution in [0, 0.1) is 11.8 Å². The molecule has 1 aliphatic heterocycles. The third kappa shape index (κ3) is 3.86. The summed E-state index contributed by atoms with van der Waals surface area (Å²) in [6.45, 7) is 4.13. The monoisotopic (exact) mass is 396 g/mol. The molecule has 2 fully saturated rings. The van der Waals surface area contributed by atoms with E-state index in [2.05, 4.69) is 29.5 Å². The van der Waals surface area contributed by atoms with E-state index in [1.165, 1.54) is 6.42 Å². The quantitative estimate of drug-likeness (QED) is 0.678. The number of amides is 4. The maximum Gasteiger partial charge on any atom is 0.325 e. The number of hydrogen-bond donors (Lipinski definition) is 3. The molecule has 1 saturated carbocycles. The van der Waals surface area contributed by atoms with Crippen LogP contribution >= 0.6 is 0 Å². The highest BCUT2D eigenvalue weighted by atomic mass is 16.2. The number of para-hydroxylation sites is 1. The number of urea groups is 1. The Balaban J connectivity index is 1.38. The number of H-pyrrole nitrogens is 1. The summed E-state index contributed by atoms with van der Waals surface area (Å²) in [4.78, 5) is 41.8. The van der Waals surface area contributed by atoms with Gasteiger partial charge in [-0.3, -0.25) is 14.5 Å². The van der Waals surface area contributed by atoms with Gasteiger partial charge in [-0.25, -0.2) is 4.79 Å². The van der Waals surface area contributed by atoms with Crippen molar-refractivity contribution < 1.29 is 14.4 Å². The van der Waals surface area contributed by atoms with Crippen molar-refractivity contribution in [2.45, 2.75) is 51.6 Å². The topological polar surface area (TPSA) is 94.3 Å². The zero-order chi connectivity index (χ0) is 20.5. The second-order valence-corrected chi connectivity index (χ2v) is 8.43. The van der Waals surface area contributed by atoms with Crippen molar-refractivity contribution in [1.82, 2.24) is 20.5 Å².